The highest BCUT2D eigenvalue weighted by atomic mass is 16.3. The van der Waals surface area contributed by atoms with E-state index in [4.69, 9.17) is 0 Å². The number of hydrogen-bond acceptors (Lipinski definition) is 2. The van der Waals surface area contributed by atoms with E-state index in [0.717, 1.165) is 38.5 Å². The third kappa shape index (κ3) is 2.97. The second-order valence-corrected chi connectivity index (χ2v) is 5.30. The monoisotopic (exact) mass is 225 g/mol. The smallest absolute Gasteiger partial charge is 0.225 e. The van der Waals surface area contributed by atoms with Gasteiger partial charge in [0.1, 0.15) is 0 Å². The summed E-state index contributed by atoms with van der Waals surface area (Å²) in [6.07, 6.45) is 9.41. The van der Waals surface area contributed by atoms with Gasteiger partial charge >= 0.3 is 0 Å². The van der Waals surface area contributed by atoms with Crippen LogP contribution in [0.3, 0.4) is 0 Å². The Hall–Kier alpha value is -0.570. The molecule has 1 amide bonds. The van der Waals surface area contributed by atoms with Crippen LogP contribution in [0.15, 0.2) is 0 Å². The van der Waals surface area contributed by atoms with E-state index in [9.17, 15) is 9.90 Å². The zero-order chi connectivity index (χ0) is 11.4. The summed E-state index contributed by atoms with van der Waals surface area (Å²) in [6, 6.07) is 0.371. The molecule has 2 N–H and O–H groups in total. The molecule has 3 nitrogen and oxygen atoms in total. The molecule has 0 bridgehead atoms. The topological polar surface area (TPSA) is 49.3 Å². The normalized spacial score (nSPS) is 32.3. The fourth-order valence-corrected chi connectivity index (χ4v) is 2.97. The van der Waals surface area contributed by atoms with Gasteiger partial charge in [-0.05, 0) is 25.7 Å². The molecule has 2 rings (SSSR count). The Labute approximate surface area is 97.6 Å². The predicted octanol–water partition coefficient (Wildman–Crippen LogP) is 1.99. The first-order valence-electron chi connectivity index (χ1n) is 6.76. The van der Waals surface area contributed by atoms with Gasteiger partial charge in [-0.15, -0.1) is 0 Å². The summed E-state index contributed by atoms with van der Waals surface area (Å²) < 4.78 is 0. The van der Waals surface area contributed by atoms with Crippen LogP contribution in [0.5, 0.6) is 0 Å². The molecule has 2 saturated carbocycles. The first kappa shape index (κ1) is 11.9. The maximum atomic E-state index is 12.0. The molecule has 2 atom stereocenters. The van der Waals surface area contributed by atoms with Gasteiger partial charge in [0.25, 0.3) is 0 Å². The molecule has 0 aromatic carbocycles. The van der Waals surface area contributed by atoms with Gasteiger partial charge in [0.05, 0.1) is 12.0 Å². The number of carbonyl (C=O) groups is 1. The van der Waals surface area contributed by atoms with Gasteiger partial charge < -0.3 is 10.4 Å². The zero-order valence-electron chi connectivity index (χ0n) is 9.95. The highest BCUT2D eigenvalue weighted by molar-refractivity contribution is 5.79. The molecule has 2 aliphatic rings. The van der Waals surface area contributed by atoms with Crippen molar-refractivity contribution in [2.75, 3.05) is 0 Å². The number of hydrogen-bond donors (Lipinski definition) is 2. The lowest BCUT2D eigenvalue weighted by molar-refractivity contribution is -0.131. The molecule has 0 heterocycles. The van der Waals surface area contributed by atoms with Crippen LogP contribution in [0, 0.1) is 5.92 Å². The average Bonchev–Trinajstić information content (AvgIpc) is 2.31. The number of amides is 1. The summed E-state index contributed by atoms with van der Waals surface area (Å²) >= 11 is 0. The maximum absolute atomic E-state index is 12.0. The Morgan fingerprint density at radius 3 is 2.25 bits per heavy atom. The van der Waals surface area contributed by atoms with E-state index < -0.39 is 6.10 Å². The SMILES string of the molecule is O=C(NC1CCCCC1)C1CCCCC1O. The highest BCUT2D eigenvalue weighted by Gasteiger charge is 2.30. The highest BCUT2D eigenvalue weighted by Crippen LogP contribution is 2.25. The molecule has 92 valence electrons. The van der Waals surface area contributed by atoms with Crippen LogP contribution in [0.2, 0.25) is 0 Å². The molecule has 0 aromatic rings. The van der Waals surface area contributed by atoms with Gasteiger partial charge in [-0.3, -0.25) is 4.79 Å². The minimum Gasteiger partial charge on any atom is -0.392 e. The van der Waals surface area contributed by atoms with Crippen LogP contribution < -0.4 is 5.32 Å². The summed E-state index contributed by atoms with van der Waals surface area (Å²) in [5.41, 5.74) is 0. The molecule has 2 fully saturated rings. The number of carbonyl (C=O) groups excluding carboxylic acids is 1. The number of rotatable bonds is 2. The Kier molecular flexibility index (Phi) is 4.22. The van der Waals surface area contributed by atoms with Crippen molar-refractivity contribution < 1.29 is 9.90 Å². The minimum atomic E-state index is -0.405. The largest absolute Gasteiger partial charge is 0.392 e. The lowest BCUT2D eigenvalue weighted by Gasteiger charge is -2.30. The lowest BCUT2D eigenvalue weighted by atomic mass is 9.85. The van der Waals surface area contributed by atoms with Crippen LogP contribution in [-0.2, 0) is 4.79 Å². The third-order valence-electron chi connectivity index (χ3n) is 4.02. The van der Waals surface area contributed by atoms with Crippen molar-refractivity contribution in [1.29, 1.82) is 0 Å². The van der Waals surface area contributed by atoms with Crippen LogP contribution >= 0.6 is 0 Å². The van der Waals surface area contributed by atoms with Crippen molar-refractivity contribution in [3.8, 4) is 0 Å². The molecule has 3 heteroatoms. The summed E-state index contributed by atoms with van der Waals surface area (Å²) in [7, 11) is 0. The van der Waals surface area contributed by atoms with Crippen LogP contribution in [0.1, 0.15) is 57.8 Å². The molecule has 0 radical (unpaired) electrons. The second-order valence-electron chi connectivity index (χ2n) is 5.30. The van der Waals surface area contributed by atoms with E-state index in [2.05, 4.69) is 5.32 Å². The van der Waals surface area contributed by atoms with Crippen molar-refractivity contribution in [1.82, 2.24) is 5.32 Å². The molecular weight excluding hydrogens is 202 g/mol. The molecule has 0 saturated heterocycles. The quantitative estimate of drug-likeness (QED) is 0.755. The van der Waals surface area contributed by atoms with E-state index in [1.54, 1.807) is 0 Å². The summed E-state index contributed by atoms with van der Waals surface area (Å²) in [5, 5.41) is 12.9. The fraction of sp³-hybridized carbons (Fsp3) is 0.923. The van der Waals surface area contributed by atoms with Crippen LogP contribution in [0.4, 0.5) is 0 Å². The van der Waals surface area contributed by atoms with Crippen LogP contribution in [-0.4, -0.2) is 23.2 Å². The molecular formula is C13H23NO2. The predicted molar refractivity (Wildman–Crippen MR) is 63.0 cm³/mol. The Morgan fingerprint density at radius 1 is 0.938 bits per heavy atom. The number of nitrogens with one attached hydrogen (secondary N) is 1. The summed E-state index contributed by atoms with van der Waals surface area (Å²) in [4.78, 5) is 12.0. The first-order chi connectivity index (χ1) is 7.77. The Morgan fingerprint density at radius 2 is 1.56 bits per heavy atom. The van der Waals surface area contributed by atoms with Gasteiger partial charge in [-0.1, -0.05) is 32.1 Å². The Bertz CT molecular complexity index is 236. The van der Waals surface area contributed by atoms with Crippen molar-refractivity contribution in [2.24, 2.45) is 5.92 Å². The van der Waals surface area contributed by atoms with E-state index in [0.29, 0.717) is 6.04 Å². The summed E-state index contributed by atoms with van der Waals surface area (Å²) in [5.74, 6) is -0.0465. The number of aliphatic hydroxyl groups is 1. The standard InChI is InChI=1S/C13H23NO2/c15-12-9-5-4-8-11(12)13(16)14-10-6-2-1-3-7-10/h10-12,15H,1-9H2,(H,14,16). The van der Waals surface area contributed by atoms with Crippen LogP contribution in [0.25, 0.3) is 0 Å². The first-order valence-corrected chi connectivity index (χ1v) is 6.76. The molecule has 2 unspecified atom stereocenters. The zero-order valence-corrected chi connectivity index (χ0v) is 9.95. The lowest BCUT2D eigenvalue weighted by Crippen LogP contribution is -2.44. The Balaban J connectivity index is 1.81. The van der Waals surface area contributed by atoms with Crippen molar-refractivity contribution in [2.45, 2.75) is 69.9 Å². The van der Waals surface area contributed by atoms with Crippen molar-refractivity contribution >= 4 is 5.91 Å². The van der Waals surface area contributed by atoms with Gasteiger partial charge in [0, 0.05) is 6.04 Å². The maximum Gasteiger partial charge on any atom is 0.225 e. The minimum absolute atomic E-state index is 0.0964. The third-order valence-corrected chi connectivity index (χ3v) is 4.02. The van der Waals surface area contributed by atoms with Crippen molar-refractivity contribution in [3.63, 3.8) is 0 Å². The van der Waals surface area contributed by atoms with Gasteiger partial charge in [-0.25, -0.2) is 0 Å². The average molecular weight is 225 g/mol. The molecule has 0 spiro atoms. The van der Waals surface area contributed by atoms with Gasteiger partial charge in [-0.2, -0.15) is 0 Å². The molecule has 0 aromatic heterocycles. The molecule has 2 aliphatic carbocycles. The molecule has 0 aliphatic heterocycles. The van der Waals surface area contributed by atoms with E-state index in [1.165, 1.54) is 19.3 Å². The van der Waals surface area contributed by atoms with Gasteiger partial charge in [0.15, 0.2) is 0 Å². The second kappa shape index (κ2) is 5.67. The summed E-state index contributed by atoms with van der Waals surface area (Å²) in [6.45, 7) is 0. The molecule has 16 heavy (non-hydrogen) atoms. The number of aliphatic hydroxyl groups excluding tert-OH is 1. The van der Waals surface area contributed by atoms with Crippen molar-refractivity contribution in [3.05, 3.63) is 0 Å². The van der Waals surface area contributed by atoms with E-state index in [-0.39, 0.29) is 11.8 Å². The van der Waals surface area contributed by atoms with E-state index in [1.807, 2.05) is 0 Å². The van der Waals surface area contributed by atoms with Gasteiger partial charge in [0.2, 0.25) is 5.91 Å². The van der Waals surface area contributed by atoms with E-state index >= 15 is 0 Å². The fourth-order valence-electron chi connectivity index (χ4n) is 2.97.